The highest BCUT2D eigenvalue weighted by Crippen LogP contribution is 2.56. The van der Waals surface area contributed by atoms with Crippen LogP contribution in [0.5, 0.6) is 11.5 Å². The van der Waals surface area contributed by atoms with Gasteiger partial charge >= 0.3 is 5.97 Å². The van der Waals surface area contributed by atoms with Crippen LogP contribution in [0.4, 0.5) is 0 Å². The molecule has 9 nitrogen and oxygen atoms in total. The number of aliphatic carboxylic acids is 1. The topological polar surface area (TPSA) is 138 Å². The average Bonchev–Trinajstić information content (AvgIpc) is 3.59. The normalized spacial score (nSPS) is 39.8. The Bertz CT molecular complexity index is 1360. The smallest absolute Gasteiger partial charge is 0.309 e. The molecular weight excluding hydrogens is 558 g/mol. The number of carbonyl (C=O) groups is 3. The molecule has 9 heteroatoms. The van der Waals surface area contributed by atoms with Gasteiger partial charge in [0.25, 0.3) is 5.91 Å². The third-order valence-electron chi connectivity index (χ3n) is 12.5. The molecule has 8 rings (SSSR count). The van der Waals surface area contributed by atoms with Crippen LogP contribution in [-0.2, 0) is 9.59 Å². The van der Waals surface area contributed by atoms with Crippen LogP contribution < -0.4 is 20.1 Å². The Balaban J connectivity index is 1.08. The molecule has 236 valence electrons. The van der Waals surface area contributed by atoms with Crippen molar-refractivity contribution in [1.29, 1.82) is 5.26 Å². The molecule has 7 saturated carbocycles. The van der Waals surface area contributed by atoms with Gasteiger partial charge in [0.05, 0.1) is 35.7 Å². The zero-order valence-corrected chi connectivity index (χ0v) is 25.9. The molecule has 44 heavy (non-hydrogen) atoms. The largest absolute Gasteiger partial charge is 0.496 e. The lowest BCUT2D eigenvalue weighted by Gasteiger charge is -2.57. The Morgan fingerprint density at radius 2 is 1.57 bits per heavy atom. The van der Waals surface area contributed by atoms with Crippen molar-refractivity contribution in [3.63, 3.8) is 0 Å². The number of nitriles is 1. The number of amides is 2. The number of rotatable bonds is 8. The maximum Gasteiger partial charge on any atom is 0.309 e. The second kappa shape index (κ2) is 11.0. The Morgan fingerprint density at radius 3 is 2.16 bits per heavy atom. The summed E-state index contributed by atoms with van der Waals surface area (Å²) in [5, 5.41) is 26.3. The molecule has 3 N–H and O–H groups in total. The molecule has 0 aliphatic heterocycles. The molecule has 0 spiro atoms. The van der Waals surface area contributed by atoms with Crippen molar-refractivity contribution in [1.82, 2.24) is 10.6 Å². The molecule has 0 unspecified atom stereocenters. The minimum Gasteiger partial charge on any atom is -0.496 e. The number of hydrogen-bond donors (Lipinski definition) is 3. The van der Waals surface area contributed by atoms with E-state index in [1.165, 1.54) is 32.4 Å². The molecule has 0 aromatic heterocycles. The minimum atomic E-state index is -0.803. The Kier molecular flexibility index (Phi) is 7.33. The first-order valence-corrected chi connectivity index (χ1v) is 16.7. The second-order valence-corrected chi connectivity index (χ2v) is 15.4. The summed E-state index contributed by atoms with van der Waals surface area (Å²) in [5.41, 5.74) is -0.304. The quantitative estimate of drug-likeness (QED) is 0.371. The molecule has 7 aliphatic rings. The number of benzene rings is 1. The minimum absolute atomic E-state index is 0.0637. The maximum absolute atomic E-state index is 14.0. The Morgan fingerprint density at radius 1 is 0.932 bits per heavy atom. The summed E-state index contributed by atoms with van der Waals surface area (Å²) >= 11 is 0. The fraction of sp³-hybridized carbons (Fsp3) is 0.714. The third-order valence-corrected chi connectivity index (χ3v) is 12.5. The van der Waals surface area contributed by atoms with Crippen LogP contribution in [0.15, 0.2) is 12.1 Å². The molecule has 0 radical (unpaired) electrons. The summed E-state index contributed by atoms with van der Waals surface area (Å²) in [7, 11) is 1.47. The lowest BCUT2D eigenvalue weighted by Crippen LogP contribution is -2.62. The fourth-order valence-corrected chi connectivity index (χ4v) is 10.5. The summed E-state index contributed by atoms with van der Waals surface area (Å²) in [4.78, 5) is 39.6. The molecule has 1 aromatic rings. The van der Waals surface area contributed by atoms with Gasteiger partial charge in [-0.25, -0.2) is 0 Å². The number of hydrogen-bond acceptors (Lipinski definition) is 6. The number of carboxylic acid groups (broad SMARTS) is 1. The van der Waals surface area contributed by atoms with E-state index in [2.05, 4.69) is 16.7 Å². The van der Waals surface area contributed by atoms with E-state index in [0.717, 1.165) is 56.3 Å². The van der Waals surface area contributed by atoms with Crippen molar-refractivity contribution < 1.29 is 29.0 Å². The third kappa shape index (κ3) is 5.12. The van der Waals surface area contributed by atoms with Crippen molar-refractivity contribution >= 4 is 17.8 Å². The van der Waals surface area contributed by atoms with Crippen molar-refractivity contribution in [3.05, 3.63) is 23.3 Å². The first kappa shape index (κ1) is 29.4. The molecule has 7 aliphatic carbocycles. The maximum atomic E-state index is 14.0. The molecule has 1 aromatic carbocycles. The van der Waals surface area contributed by atoms with E-state index in [1.807, 2.05) is 0 Å². The molecular formula is C35H45N3O6. The average molecular weight is 604 g/mol. The van der Waals surface area contributed by atoms with Crippen LogP contribution >= 0.6 is 0 Å². The molecule has 6 bridgehead atoms. The summed E-state index contributed by atoms with van der Waals surface area (Å²) in [6.45, 7) is 1.76. The molecule has 2 amide bonds. The zero-order valence-electron chi connectivity index (χ0n) is 25.9. The van der Waals surface area contributed by atoms with E-state index in [9.17, 15) is 24.8 Å². The van der Waals surface area contributed by atoms with E-state index in [1.54, 1.807) is 13.0 Å². The summed E-state index contributed by atoms with van der Waals surface area (Å²) in [5.74, 6) is 2.10. The van der Waals surface area contributed by atoms with Crippen molar-refractivity contribution in [2.75, 3.05) is 7.11 Å². The highest BCUT2D eigenvalue weighted by molar-refractivity contribution is 5.98. The van der Waals surface area contributed by atoms with E-state index >= 15 is 0 Å². The van der Waals surface area contributed by atoms with Crippen LogP contribution in [0.25, 0.3) is 0 Å². The summed E-state index contributed by atoms with van der Waals surface area (Å²) in [6, 6.07) is 5.03. The number of fused-ring (bicyclic) bond motifs is 2. The van der Waals surface area contributed by atoms with Gasteiger partial charge in [0.15, 0.2) is 0 Å². The molecule has 7 fully saturated rings. The monoisotopic (exact) mass is 603 g/mol. The fourth-order valence-electron chi connectivity index (χ4n) is 10.5. The van der Waals surface area contributed by atoms with E-state index < -0.39 is 11.4 Å². The van der Waals surface area contributed by atoms with Gasteiger partial charge in [0.2, 0.25) is 5.91 Å². The number of ether oxygens (including phenoxy) is 2. The van der Waals surface area contributed by atoms with Gasteiger partial charge in [0, 0.05) is 17.6 Å². The van der Waals surface area contributed by atoms with Gasteiger partial charge in [-0.15, -0.1) is 0 Å². The van der Waals surface area contributed by atoms with Crippen molar-refractivity contribution in [2.24, 2.45) is 40.9 Å². The van der Waals surface area contributed by atoms with Crippen LogP contribution in [-0.4, -0.2) is 47.7 Å². The van der Waals surface area contributed by atoms with Gasteiger partial charge in [-0.3, -0.25) is 14.4 Å². The van der Waals surface area contributed by atoms with E-state index in [4.69, 9.17) is 9.47 Å². The van der Waals surface area contributed by atoms with E-state index in [0.29, 0.717) is 31.4 Å². The molecule has 0 saturated heterocycles. The lowest BCUT2D eigenvalue weighted by atomic mass is 9.53. The number of methoxy groups -OCH3 is 1. The lowest BCUT2D eigenvalue weighted by molar-refractivity contribution is -0.150. The van der Waals surface area contributed by atoms with Crippen LogP contribution in [0.1, 0.15) is 106 Å². The highest BCUT2D eigenvalue weighted by Gasteiger charge is 2.55. The molecule has 0 heterocycles. The van der Waals surface area contributed by atoms with Gasteiger partial charge in [-0.1, -0.05) is 0 Å². The predicted molar refractivity (Wildman–Crippen MR) is 161 cm³/mol. The first-order valence-electron chi connectivity index (χ1n) is 16.7. The molecule has 4 atom stereocenters. The van der Waals surface area contributed by atoms with Gasteiger partial charge in [-0.2, -0.15) is 5.26 Å². The van der Waals surface area contributed by atoms with Crippen molar-refractivity contribution in [3.8, 4) is 17.6 Å². The predicted octanol–water partition coefficient (Wildman–Crippen LogP) is 5.21. The Hall–Kier alpha value is -3.28. The number of carboxylic acids is 1. The van der Waals surface area contributed by atoms with Crippen molar-refractivity contribution in [2.45, 2.75) is 108 Å². The second-order valence-electron chi connectivity index (χ2n) is 15.4. The standard InChI is InChI=1S/C35H45N3O6/c1-34(33(41)42)7-5-25(6-8-34)44-27-14-26(28(43-2)13-24(27)18-36)31(39)37-30-23-4-3-22(12-23)29(30)32(40)38-35-15-19-9-20(16-35)11-21(10-19)17-35/h13-14,19-23,25,29-30H,3-12,15-17H2,1-2H3,(H,37,39)(H,38,40)(H,41,42)/t19?,20?,21?,22-,23+,25?,29+,30-,34?,35?/m1/s1. The van der Waals surface area contributed by atoms with E-state index in [-0.39, 0.29) is 64.1 Å². The van der Waals surface area contributed by atoms with Gasteiger partial charge in [-0.05, 0) is 126 Å². The number of carbonyl (C=O) groups excluding carboxylic acids is 2. The van der Waals surface area contributed by atoms with Crippen LogP contribution in [0, 0.1) is 52.3 Å². The van der Waals surface area contributed by atoms with Gasteiger partial charge in [0.1, 0.15) is 17.6 Å². The van der Waals surface area contributed by atoms with Crippen LogP contribution in [0.2, 0.25) is 0 Å². The summed E-state index contributed by atoms with van der Waals surface area (Å²) in [6.07, 6.45) is 12.1. The summed E-state index contributed by atoms with van der Waals surface area (Å²) < 4.78 is 11.8. The Labute approximate surface area is 259 Å². The zero-order chi connectivity index (χ0) is 30.8. The number of nitrogens with one attached hydrogen (secondary N) is 2. The highest BCUT2D eigenvalue weighted by atomic mass is 16.5. The van der Waals surface area contributed by atoms with Crippen LogP contribution in [0.3, 0.4) is 0 Å². The van der Waals surface area contributed by atoms with Gasteiger partial charge < -0.3 is 25.2 Å². The first-order chi connectivity index (χ1) is 21.1. The SMILES string of the molecule is COc1cc(C#N)c(OC2CCC(C)(C(=O)O)CC2)cc1C(=O)N[C@@H]1[C@H]2CC[C@H](C2)[C@@H]1C(=O)NC12CC3CC(CC(C3)C1)C2. The number of nitrogens with zero attached hydrogens (tertiary/aromatic N) is 1.